The number of methoxy groups -OCH3 is 2. The second kappa shape index (κ2) is 61.3. The summed E-state index contributed by atoms with van der Waals surface area (Å²) in [5.74, 6) is -0.366. The molecule has 0 radical (unpaired) electrons. The Labute approximate surface area is 927 Å². The molecule has 0 aromatic heterocycles. The fraction of sp³-hybridized carbons (Fsp3) is 0.578. The van der Waals surface area contributed by atoms with Gasteiger partial charge >= 0.3 is 29.6 Å². The molecule has 4 fully saturated rings. The molecule has 14 nitrogen and oxygen atoms in total. The zero-order chi connectivity index (χ0) is 111. The van der Waals surface area contributed by atoms with Gasteiger partial charge in [0.25, 0.3) is 0 Å². The number of Topliss-reactive ketones (excluding diaryl/α,β-unsaturated/α-hetero) is 5. The smallest absolute Gasteiger partial charge is 0.857 e. The first-order valence-corrected chi connectivity index (χ1v) is 52.4. The molecule has 4 aliphatic rings. The summed E-state index contributed by atoms with van der Waals surface area (Å²) < 4.78 is 22.6. The van der Waals surface area contributed by atoms with Crippen LogP contribution in [0.1, 0.15) is 438 Å². The monoisotopic (exact) mass is 2080 g/mol. The number of epoxide rings is 2. The van der Waals surface area contributed by atoms with Gasteiger partial charge in [0.1, 0.15) is 21.0 Å². The van der Waals surface area contributed by atoms with Crippen LogP contribution in [0.5, 0.6) is 0 Å². The standard InChI is InChI=1S/C19H29NO.2C15H22O2.2C14H19ClO.2C14H20O.C10H14.C5H11N.C4H7ClO.CH4O.CH3O.2CH4.Na/c1-18(2,3)16-11-9-15(10-12-16)17(21)19(4,5)20-13-7-6-8-14-20;2*1-13(2,3)11-7-9-12(10-8-11)15(16-6)14(4,5)17-15;2*1-13(2,3)11-8-6-10(7-9-11)12(16)14(4,5)15;2*1-10(2)13(15)11-6-8-12(9-7-11)14(3,4)5;1-10(2,3)9-7-5-4-6-8-9;1-2-4-6-5-3-1;1-3(2)4(5)6;2*1-2;;;/h9-12H,6-8,13-14H2,1-5H3;2*7-10H,1-6H3;2*6-9H,1-5H3;2*6-10H,1-5H3;4-8H,1-3H3;6H,1-5H2;3H,1-2H3;2H,1H3;1H3;2*1H4;/q;;;;;;;;;;;-1;;;+1. The van der Waals surface area contributed by atoms with Gasteiger partial charge in [0.05, 0.1) is 5.54 Å². The van der Waals surface area contributed by atoms with Crippen LogP contribution in [0, 0.1) is 17.8 Å². The number of nitrogens with zero attached hydrogens (tertiary/aromatic N) is 1. The largest absolute Gasteiger partial charge is 1.00 e. The topological polar surface area (TPSA) is 204 Å². The molecule has 4 aliphatic heterocycles. The number of ketones is 5. The summed E-state index contributed by atoms with van der Waals surface area (Å²) in [6.07, 6.45) is 7.92. The number of aliphatic hydroxyl groups is 1. The minimum Gasteiger partial charge on any atom is -0.857 e. The van der Waals surface area contributed by atoms with Crippen molar-refractivity contribution >= 4 is 69.0 Å². The molecule has 4 heterocycles. The third-order valence-electron chi connectivity index (χ3n) is 25.4. The quantitative estimate of drug-likeness (QED) is 0.0304. The molecule has 814 valence electrons. The molecule has 2 unspecified atom stereocenters. The van der Waals surface area contributed by atoms with E-state index in [1.807, 2.05) is 140 Å². The molecular weight excluding hydrogens is 1890 g/mol. The molecule has 18 heteroatoms. The van der Waals surface area contributed by atoms with Crippen molar-refractivity contribution in [3.8, 4) is 0 Å². The van der Waals surface area contributed by atoms with Gasteiger partial charge in [-0.1, -0.05) is 436 Å². The second-order valence-corrected chi connectivity index (χ2v) is 51.4. The summed E-state index contributed by atoms with van der Waals surface area (Å²) in [4.78, 5) is 70.7. The fourth-order valence-corrected chi connectivity index (χ4v) is 15.6. The van der Waals surface area contributed by atoms with Crippen LogP contribution in [0.25, 0.3) is 0 Å². The van der Waals surface area contributed by atoms with Crippen LogP contribution < -0.4 is 40.0 Å². The number of aliphatic hydroxyl groups excluding tert-OH is 1. The van der Waals surface area contributed by atoms with Crippen molar-refractivity contribution in [3.63, 3.8) is 0 Å². The fourth-order valence-electron chi connectivity index (χ4n) is 15.3. The number of likely N-dealkylation sites (tertiary alicyclic amines) is 1. The number of nitrogens with one attached hydrogen (secondary N) is 1. The Morgan fingerprint density at radius 2 is 0.521 bits per heavy atom. The molecule has 8 aromatic carbocycles. The molecule has 12 rings (SSSR count). The van der Waals surface area contributed by atoms with Gasteiger partial charge in [0.15, 0.2) is 28.9 Å². The van der Waals surface area contributed by atoms with E-state index in [9.17, 15) is 28.8 Å². The average Bonchev–Trinajstić information content (AvgIpc) is 1.55. The van der Waals surface area contributed by atoms with E-state index in [2.05, 4.69) is 305 Å². The van der Waals surface area contributed by atoms with Gasteiger partial charge in [-0.3, -0.25) is 33.7 Å². The van der Waals surface area contributed by atoms with Gasteiger partial charge in [-0.05, 0) is 221 Å². The second-order valence-electron chi connectivity index (χ2n) is 49.1. The number of carbonyl (C=O) groups excluding carboxylic acids is 6. The van der Waals surface area contributed by atoms with Gasteiger partial charge in [-0.2, -0.15) is 7.11 Å². The maximum absolute atomic E-state index is 12.9. The number of ether oxygens (including phenoxy) is 4. The maximum Gasteiger partial charge on any atom is 1.00 e. The Kier molecular flexibility index (Phi) is 60.2. The van der Waals surface area contributed by atoms with Crippen LogP contribution in [0.15, 0.2) is 200 Å². The minimum absolute atomic E-state index is 0. The first-order valence-electron chi connectivity index (χ1n) is 51.2. The first-order chi connectivity index (χ1) is 65.3. The summed E-state index contributed by atoms with van der Waals surface area (Å²) in [6, 6.07) is 67.2. The summed E-state index contributed by atoms with van der Waals surface area (Å²) in [6.45, 7) is 87.5. The molecule has 146 heavy (non-hydrogen) atoms. The number of alkyl halides is 2. The van der Waals surface area contributed by atoms with Gasteiger partial charge < -0.3 is 34.5 Å². The zero-order valence-corrected chi connectivity index (χ0v) is 102. The normalized spacial score (nSPS) is 16.3. The molecular formula is C128H198Cl3N2NaO12. The van der Waals surface area contributed by atoms with E-state index in [1.165, 1.54) is 96.1 Å². The van der Waals surface area contributed by atoms with Crippen molar-refractivity contribution in [2.45, 2.75) is 412 Å². The van der Waals surface area contributed by atoms with E-state index in [0.717, 1.165) is 55.1 Å². The molecule has 0 spiro atoms. The Hall–Kier alpha value is -6.67. The van der Waals surface area contributed by atoms with Crippen molar-refractivity contribution in [3.05, 3.63) is 284 Å². The van der Waals surface area contributed by atoms with Crippen LogP contribution >= 0.6 is 34.8 Å². The van der Waals surface area contributed by atoms with Crippen LogP contribution in [0.4, 0.5) is 0 Å². The van der Waals surface area contributed by atoms with Crippen LogP contribution in [0.3, 0.4) is 0 Å². The number of piperidine rings is 2. The number of halogens is 3. The predicted octanol–water partition coefficient (Wildman–Crippen LogP) is 29.6. The SMILES string of the molecule is C.C.C1CCNCC1.CC(C)(C)c1ccc(C(=O)C(C)(C)N2CCCCC2)cc1.CC(C)(C)c1ccccc1.CC(C)(Cl)C(=O)c1ccc(C(C)(C)C)cc1.CC(C)(Cl)C(=O)c1ccc(C(C)(C)C)cc1.CC(C)C(=O)Cl.CC(C)C(=O)c1ccc(C(C)(C)C)cc1.CC(C)C(=O)c1ccc(C(C)(C)C)cc1.CO.COC1(c2ccc(C(C)(C)C)cc2)OC1(C)C.COC1(c2ccc(C(C)(C)C)cc2)OC1(C)C.C[O-].[Na+]. The third-order valence-corrected chi connectivity index (χ3v) is 26.2. The third kappa shape index (κ3) is 46.9. The van der Waals surface area contributed by atoms with E-state index in [0.29, 0.717) is 16.5 Å². The Bertz CT molecular complexity index is 4850. The van der Waals surface area contributed by atoms with Crippen molar-refractivity contribution in [2.24, 2.45) is 17.8 Å². The molecule has 0 bridgehead atoms. The average molecular weight is 2090 g/mol. The van der Waals surface area contributed by atoms with Gasteiger partial charge in [-0.25, -0.2) is 0 Å². The number of hydrogen-bond acceptors (Lipinski definition) is 14. The molecule has 0 saturated carbocycles. The van der Waals surface area contributed by atoms with Crippen molar-refractivity contribution in [1.82, 2.24) is 10.2 Å². The van der Waals surface area contributed by atoms with Gasteiger partial charge in [-0.15, -0.1) is 23.2 Å². The van der Waals surface area contributed by atoms with Crippen molar-refractivity contribution in [1.29, 1.82) is 0 Å². The Morgan fingerprint density at radius 1 is 0.329 bits per heavy atom. The molecule has 8 aromatic rings. The van der Waals surface area contributed by atoms with Crippen molar-refractivity contribution in [2.75, 3.05) is 54.6 Å². The number of rotatable bonds is 16. The van der Waals surface area contributed by atoms with E-state index in [-0.39, 0.29) is 145 Å². The zero-order valence-electron chi connectivity index (χ0n) is 97.9. The summed E-state index contributed by atoms with van der Waals surface area (Å²) in [7, 11) is 5.15. The molecule has 0 amide bonds. The van der Waals surface area contributed by atoms with E-state index in [1.54, 1.807) is 55.8 Å². The molecule has 2 N–H and O–H groups in total. The Morgan fingerprint density at radius 3 is 0.678 bits per heavy atom. The van der Waals surface area contributed by atoms with Crippen molar-refractivity contribution < 1.29 is 87.5 Å². The number of hydrogen-bond donors (Lipinski definition) is 2. The summed E-state index contributed by atoms with van der Waals surface area (Å²) in [5, 5.41) is 18.3. The van der Waals surface area contributed by atoms with E-state index < -0.39 is 26.9 Å². The Balaban J connectivity index is -0.00000157. The molecule has 4 saturated heterocycles. The van der Waals surface area contributed by atoms with Gasteiger partial charge in [0.2, 0.25) is 16.8 Å². The number of carbonyl (C=O) groups is 6. The first kappa shape index (κ1) is 143. The predicted molar refractivity (Wildman–Crippen MR) is 619 cm³/mol. The number of benzene rings is 8. The van der Waals surface area contributed by atoms with E-state index >= 15 is 0 Å². The van der Waals surface area contributed by atoms with Crippen LogP contribution in [-0.4, -0.2) is 125 Å². The van der Waals surface area contributed by atoms with Crippen LogP contribution in [0.2, 0.25) is 0 Å². The van der Waals surface area contributed by atoms with E-state index in [4.69, 9.17) is 64.0 Å². The summed E-state index contributed by atoms with van der Waals surface area (Å²) >= 11 is 17.0. The molecule has 2 atom stereocenters. The van der Waals surface area contributed by atoms with Crippen LogP contribution in [-0.2, 0) is 78.6 Å². The summed E-state index contributed by atoms with van der Waals surface area (Å²) in [5.41, 5.74) is 16.7. The maximum atomic E-state index is 12.9. The minimum atomic E-state index is -0.830. The van der Waals surface area contributed by atoms with Gasteiger partial charge in [0, 0.05) is 78.0 Å². The molecule has 0 aliphatic carbocycles.